The monoisotopic (exact) mass is 289 g/mol. The number of carbonyl (C=O) groups excluding carboxylic acids is 1. The van der Waals surface area contributed by atoms with Crippen LogP contribution >= 0.6 is 11.3 Å². The van der Waals surface area contributed by atoms with Crippen LogP contribution in [0.2, 0.25) is 0 Å². The largest absolute Gasteiger partial charge is 0.397 e. The minimum absolute atomic E-state index is 0.0183. The highest BCUT2D eigenvalue weighted by atomic mass is 32.1. The van der Waals surface area contributed by atoms with E-state index < -0.39 is 0 Å². The number of nitrogens with two attached hydrogens (primary N) is 1. The number of benzene rings is 1. The lowest BCUT2D eigenvalue weighted by Gasteiger charge is -2.22. The zero-order chi connectivity index (χ0) is 14.7. The van der Waals surface area contributed by atoms with Gasteiger partial charge in [0.05, 0.1) is 11.4 Å². The fourth-order valence-electron chi connectivity index (χ4n) is 2.01. The molecule has 4 nitrogen and oxygen atoms in total. The number of carbonyl (C=O) groups is 1. The Balaban J connectivity index is 2.26. The molecule has 106 valence electrons. The molecule has 0 aliphatic heterocycles. The number of anilines is 2. The van der Waals surface area contributed by atoms with E-state index in [1.165, 1.54) is 5.56 Å². The van der Waals surface area contributed by atoms with E-state index in [9.17, 15) is 4.79 Å². The molecule has 1 heterocycles. The second kappa shape index (κ2) is 5.96. The van der Waals surface area contributed by atoms with Crippen molar-refractivity contribution in [3.8, 4) is 0 Å². The van der Waals surface area contributed by atoms with Gasteiger partial charge in [0.1, 0.15) is 0 Å². The Hall–Kier alpha value is -2.01. The van der Waals surface area contributed by atoms with Crippen molar-refractivity contribution in [3.63, 3.8) is 0 Å². The maximum Gasteiger partial charge on any atom is 0.253 e. The van der Waals surface area contributed by atoms with Gasteiger partial charge in [-0.05, 0) is 40.6 Å². The average Bonchev–Trinajstić information content (AvgIpc) is 2.91. The first-order valence-electron chi connectivity index (χ1n) is 6.32. The first kappa shape index (κ1) is 14.4. The molecule has 2 rings (SSSR count). The minimum Gasteiger partial charge on any atom is -0.397 e. The highest BCUT2D eigenvalue weighted by molar-refractivity contribution is 7.07. The van der Waals surface area contributed by atoms with Crippen LogP contribution in [0.5, 0.6) is 0 Å². The van der Waals surface area contributed by atoms with Crippen molar-refractivity contribution in [2.75, 3.05) is 31.8 Å². The van der Waals surface area contributed by atoms with Crippen molar-refractivity contribution in [2.24, 2.45) is 0 Å². The summed E-state index contributed by atoms with van der Waals surface area (Å²) in [5, 5.41) is 4.17. The molecule has 0 aliphatic carbocycles. The quantitative estimate of drug-likeness (QED) is 0.880. The third-order valence-corrected chi connectivity index (χ3v) is 3.83. The van der Waals surface area contributed by atoms with Gasteiger partial charge in [-0.2, -0.15) is 11.3 Å². The molecule has 0 radical (unpaired) electrons. The summed E-state index contributed by atoms with van der Waals surface area (Å²) in [5.41, 5.74) is 9.48. The lowest BCUT2D eigenvalue weighted by molar-refractivity contribution is 0.0827. The predicted octanol–water partition coefficient (Wildman–Crippen LogP) is 2.67. The Bertz CT molecular complexity index is 593. The fourth-order valence-corrected chi connectivity index (χ4v) is 2.67. The minimum atomic E-state index is -0.0183. The third kappa shape index (κ3) is 3.11. The SMILES string of the molecule is CN(C)C(=O)c1ccc(N)c(N(C)Cc2ccsc2)c1. The van der Waals surface area contributed by atoms with E-state index in [2.05, 4.69) is 21.7 Å². The molecule has 0 unspecified atom stereocenters. The maximum atomic E-state index is 12.0. The van der Waals surface area contributed by atoms with Crippen LogP contribution in [0.1, 0.15) is 15.9 Å². The first-order chi connectivity index (χ1) is 9.49. The van der Waals surface area contributed by atoms with Gasteiger partial charge >= 0.3 is 0 Å². The molecule has 0 saturated heterocycles. The van der Waals surface area contributed by atoms with Crippen LogP contribution in [0.4, 0.5) is 11.4 Å². The molecule has 5 heteroatoms. The summed E-state index contributed by atoms with van der Waals surface area (Å²) in [6.45, 7) is 0.771. The summed E-state index contributed by atoms with van der Waals surface area (Å²) in [6, 6.07) is 7.49. The van der Waals surface area contributed by atoms with Crippen LogP contribution in [0.3, 0.4) is 0 Å². The zero-order valence-corrected chi connectivity index (χ0v) is 12.8. The highest BCUT2D eigenvalue weighted by Crippen LogP contribution is 2.26. The van der Waals surface area contributed by atoms with E-state index in [1.54, 1.807) is 42.5 Å². The van der Waals surface area contributed by atoms with Crippen molar-refractivity contribution >= 4 is 28.6 Å². The molecular formula is C15H19N3OS. The summed E-state index contributed by atoms with van der Waals surface area (Å²) < 4.78 is 0. The van der Waals surface area contributed by atoms with E-state index in [1.807, 2.05) is 13.1 Å². The normalized spacial score (nSPS) is 10.3. The molecule has 20 heavy (non-hydrogen) atoms. The highest BCUT2D eigenvalue weighted by Gasteiger charge is 2.13. The third-order valence-electron chi connectivity index (χ3n) is 3.09. The number of rotatable bonds is 4. The molecule has 2 aromatic rings. The lowest BCUT2D eigenvalue weighted by atomic mass is 10.1. The zero-order valence-electron chi connectivity index (χ0n) is 12.0. The topological polar surface area (TPSA) is 49.6 Å². The van der Waals surface area contributed by atoms with Crippen molar-refractivity contribution in [1.82, 2.24) is 4.90 Å². The number of nitrogens with zero attached hydrogens (tertiary/aromatic N) is 2. The molecule has 1 aromatic carbocycles. The van der Waals surface area contributed by atoms with Gasteiger partial charge in [-0.15, -0.1) is 0 Å². The molecule has 0 bridgehead atoms. The smallest absolute Gasteiger partial charge is 0.253 e. The van der Waals surface area contributed by atoms with Crippen molar-refractivity contribution in [3.05, 3.63) is 46.2 Å². The van der Waals surface area contributed by atoms with Crippen molar-refractivity contribution in [1.29, 1.82) is 0 Å². The van der Waals surface area contributed by atoms with Gasteiger partial charge in [0, 0.05) is 33.3 Å². The van der Waals surface area contributed by atoms with E-state index in [0.717, 1.165) is 12.2 Å². The Morgan fingerprint density at radius 2 is 2.00 bits per heavy atom. The summed E-state index contributed by atoms with van der Waals surface area (Å²) in [7, 11) is 5.47. The molecule has 1 amide bonds. The number of hydrogen-bond acceptors (Lipinski definition) is 4. The molecular weight excluding hydrogens is 270 g/mol. The number of amides is 1. The molecule has 1 aromatic heterocycles. The summed E-state index contributed by atoms with van der Waals surface area (Å²) >= 11 is 1.67. The Morgan fingerprint density at radius 1 is 1.25 bits per heavy atom. The van der Waals surface area contributed by atoms with Crippen LogP contribution in [-0.2, 0) is 6.54 Å². The first-order valence-corrected chi connectivity index (χ1v) is 7.26. The predicted molar refractivity (Wildman–Crippen MR) is 85.3 cm³/mol. The Morgan fingerprint density at radius 3 is 2.60 bits per heavy atom. The Kier molecular flexibility index (Phi) is 4.29. The molecule has 0 saturated carbocycles. The van der Waals surface area contributed by atoms with Crippen LogP contribution in [0.25, 0.3) is 0 Å². The van der Waals surface area contributed by atoms with Crippen LogP contribution < -0.4 is 10.6 Å². The van der Waals surface area contributed by atoms with Gasteiger partial charge in [-0.3, -0.25) is 4.79 Å². The van der Waals surface area contributed by atoms with E-state index in [-0.39, 0.29) is 5.91 Å². The molecule has 2 N–H and O–H groups in total. The summed E-state index contributed by atoms with van der Waals surface area (Å²) in [6.07, 6.45) is 0. The molecule has 0 fully saturated rings. The fraction of sp³-hybridized carbons (Fsp3) is 0.267. The second-order valence-electron chi connectivity index (χ2n) is 4.96. The van der Waals surface area contributed by atoms with Gasteiger partial charge in [-0.1, -0.05) is 0 Å². The molecule has 0 aliphatic rings. The average molecular weight is 289 g/mol. The standard InChI is InChI=1S/C15H19N3OS/c1-17(2)15(19)12-4-5-13(16)14(8-12)18(3)9-11-6-7-20-10-11/h4-8,10H,9,16H2,1-3H3. The number of thiophene rings is 1. The molecule has 0 spiro atoms. The number of nitrogen functional groups attached to an aromatic ring is 1. The van der Waals surface area contributed by atoms with Gasteiger partial charge in [0.15, 0.2) is 0 Å². The van der Waals surface area contributed by atoms with Crippen molar-refractivity contribution in [2.45, 2.75) is 6.54 Å². The van der Waals surface area contributed by atoms with Crippen LogP contribution in [0, 0.1) is 0 Å². The summed E-state index contributed by atoms with van der Waals surface area (Å²) in [4.78, 5) is 15.6. The van der Waals surface area contributed by atoms with Crippen LogP contribution in [0.15, 0.2) is 35.0 Å². The van der Waals surface area contributed by atoms with Gasteiger partial charge in [0.25, 0.3) is 5.91 Å². The van der Waals surface area contributed by atoms with Crippen molar-refractivity contribution < 1.29 is 4.79 Å². The number of hydrogen-bond donors (Lipinski definition) is 1. The summed E-state index contributed by atoms with van der Waals surface area (Å²) in [5.74, 6) is -0.0183. The van der Waals surface area contributed by atoms with Gasteiger partial charge < -0.3 is 15.5 Å². The van der Waals surface area contributed by atoms with Gasteiger partial charge in [0.2, 0.25) is 0 Å². The molecule has 0 atom stereocenters. The lowest BCUT2D eigenvalue weighted by Crippen LogP contribution is -2.23. The van der Waals surface area contributed by atoms with E-state index in [0.29, 0.717) is 11.3 Å². The van der Waals surface area contributed by atoms with E-state index >= 15 is 0 Å². The second-order valence-corrected chi connectivity index (χ2v) is 5.74. The maximum absolute atomic E-state index is 12.0. The van der Waals surface area contributed by atoms with Gasteiger partial charge in [-0.25, -0.2) is 0 Å². The van der Waals surface area contributed by atoms with Crippen LogP contribution in [-0.4, -0.2) is 32.0 Å². The van der Waals surface area contributed by atoms with E-state index in [4.69, 9.17) is 5.73 Å². The Labute approximate surface area is 123 Å².